The van der Waals surface area contributed by atoms with E-state index in [1.54, 1.807) is 34.6 Å². The average molecular weight is 437 g/mol. The van der Waals surface area contributed by atoms with Crippen LogP contribution in [0.2, 0.25) is 0 Å². The summed E-state index contributed by atoms with van der Waals surface area (Å²) < 4.78 is 14.5. The number of nitrogens with one attached hydrogen (secondary N) is 1. The maximum atomic E-state index is 12.0. The van der Waals surface area contributed by atoms with Crippen LogP contribution >= 0.6 is 0 Å². The number of unbranched alkanes of at least 4 members (excludes halogenated alkanes) is 1. The van der Waals surface area contributed by atoms with Gasteiger partial charge in [0.1, 0.15) is 11.6 Å². The molecule has 0 aromatic rings. The number of carbonyl (C=O) groups excluding carboxylic acids is 3. The van der Waals surface area contributed by atoms with Crippen LogP contribution in [0.15, 0.2) is 0 Å². The van der Waals surface area contributed by atoms with Crippen molar-refractivity contribution in [1.82, 2.24) is 5.32 Å². The zero-order chi connectivity index (χ0) is 23.7. The molecule has 1 atom stereocenters. The minimum atomic E-state index is -0.869. The van der Waals surface area contributed by atoms with Gasteiger partial charge in [0.15, 0.2) is 0 Å². The first-order valence-corrected chi connectivity index (χ1v) is 9.84. The number of amides is 1. The highest BCUT2D eigenvalue weighted by Gasteiger charge is 2.28. The topological polar surface area (TPSA) is 143 Å². The van der Waals surface area contributed by atoms with E-state index in [-0.39, 0.29) is 25.1 Å². The number of esters is 2. The summed E-state index contributed by atoms with van der Waals surface area (Å²) >= 11 is 0. The molecule has 1 amide bonds. The fourth-order valence-corrected chi connectivity index (χ4v) is 1.84. The SMILES string of the molecule is CC(C)C(NC(=O)OC(C)(C)C)C(=O)OCCCCO[N+](=O)[O-].CCCC(=O)OC. The van der Waals surface area contributed by atoms with Crippen LogP contribution in [-0.4, -0.2) is 55.1 Å². The minimum Gasteiger partial charge on any atom is -0.469 e. The molecule has 0 aliphatic carbocycles. The van der Waals surface area contributed by atoms with Crippen molar-refractivity contribution in [1.29, 1.82) is 0 Å². The number of nitrogens with zero attached hydrogens (tertiary/aromatic N) is 1. The highest BCUT2D eigenvalue weighted by atomic mass is 16.9. The molecule has 0 fully saturated rings. The Balaban J connectivity index is 0. The Morgan fingerprint density at radius 1 is 1.10 bits per heavy atom. The van der Waals surface area contributed by atoms with Crippen LogP contribution in [0.1, 0.15) is 67.2 Å². The van der Waals surface area contributed by atoms with Gasteiger partial charge in [-0.25, -0.2) is 9.59 Å². The van der Waals surface area contributed by atoms with Gasteiger partial charge in [0.2, 0.25) is 0 Å². The van der Waals surface area contributed by atoms with Crippen molar-refractivity contribution in [3.05, 3.63) is 10.1 Å². The van der Waals surface area contributed by atoms with Crippen molar-refractivity contribution in [3.63, 3.8) is 0 Å². The van der Waals surface area contributed by atoms with E-state index < -0.39 is 28.8 Å². The number of ether oxygens (including phenoxy) is 3. The third-order valence-electron chi connectivity index (χ3n) is 3.25. The molecule has 0 radical (unpaired) electrons. The van der Waals surface area contributed by atoms with Gasteiger partial charge >= 0.3 is 18.0 Å². The number of methoxy groups -OCH3 is 1. The summed E-state index contributed by atoms with van der Waals surface area (Å²) in [6, 6.07) is -0.820. The lowest BCUT2D eigenvalue weighted by molar-refractivity contribution is -0.757. The Hall–Kier alpha value is -2.59. The largest absolute Gasteiger partial charge is 0.469 e. The van der Waals surface area contributed by atoms with Crippen LogP contribution in [0.5, 0.6) is 0 Å². The van der Waals surface area contributed by atoms with Crippen LogP contribution in [0, 0.1) is 16.0 Å². The molecule has 0 aromatic heterocycles. The molecule has 0 aromatic carbocycles. The fourth-order valence-electron chi connectivity index (χ4n) is 1.84. The van der Waals surface area contributed by atoms with Crippen molar-refractivity contribution < 1.29 is 38.5 Å². The van der Waals surface area contributed by atoms with E-state index in [1.807, 2.05) is 6.92 Å². The van der Waals surface area contributed by atoms with Crippen LogP contribution in [0.25, 0.3) is 0 Å². The van der Waals surface area contributed by atoms with Crippen LogP contribution < -0.4 is 5.32 Å². The number of carbonyl (C=O) groups is 3. The molecule has 176 valence electrons. The molecule has 0 bridgehead atoms. The summed E-state index contributed by atoms with van der Waals surface area (Å²) in [5.41, 5.74) is -0.660. The molecule has 0 rings (SSSR count). The predicted octanol–water partition coefficient (Wildman–Crippen LogP) is 3.03. The van der Waals surface area contributed by atoms with Crippen LogP contribution in [0.3, 0.4) is 0 Å². The second kappa shape index (κ2) is 16.2. The Kier molecular flexibility index (Phi) is 16.0. The molecule has 1 N–H and O–H groups in total. The Morgan fingerprint density at radius 3 is 2.07 bits per heavy atom. The highest BCUT2D eigenvalue weighted by Crippen LogP contribution is 2.10. The first-order valence-electron chi connectivity index (χ1n) is 9.84. The maximum absolute atomic E-state index is 12.0. The first-order chi connectivity index (χ1) is 13.8. The number of hydrogen-bond donors (Lipinski definition) is 1. The van der Waals surface area contributed by atoms with E-state index in [2.05, 4.69) is 14.9 Å². The minimum absolute atomic E-state index is 0.0473. The van der Waals surface area contributed by atoms with E-state index in [0.29, 0.717) is 19.3 Å². The summed E-state index contributed by atoms with van der Waals surface area (Å²) in [6.45, 7) is 10.7. The molecular weight excluding hydrogens is 400 g/mol. The summed E-state index contributed by atoms with van der Waals surface area (Å²) in [5.74, 6) is -0.864. The summed E-state index contributed by atoms with van der Waals surface area (Å²) in [5, 5.41) is 11.6. The quantitative estimate of drug-likeness (QED) is 0.170. The van der Waals surface area contributed by atoms with Gasteiger partial charge in [0, 0.05) is 6.42 Å². The molecule has 0 saturated heterocycles. The number of alkyl carbamates (subject to hydrolysis) is 1. The second-order valence-corrected chi connectivity index (χ2v) is 7.63. The van der Waals surface area contributed by atoms with Gasteiger partial charge in [-0.3, -0.25) is 4.79 Å². The molecule has 0 spiro atoms. The van der Waals surface area contributed by atoms with Crippen LogP contribution in [-0.2, 0) is 28.6 Å². The average Bonchev–Trinajstić information content (AvgIpc) is 2.61. The van der Waals surface area contributed by atoms with Crippen molar-refractivity contribution in [2.45, 2.75) is 78.9 Å². The zero-order valence-corrected chi connectivity index (χ0v) is 19.0. The molecule has 0 aliphatic heterocycles. The molecule has 11 nitrogen and oxygen atoms in total. The van der Waals surface area contributed by atoms with Gasteiger partial charge < -0.3 is 24.4 Å². The van der Waals surface area contributed by atoms with E-state index >= 15 is 0 Å². The van der Waals surface area contributed by atoms with Crippen molar-refractivity contribution in [2.75, 3.05) is 20.3 Å². The standard InChI is InChI=1S/C14H26N2O7.C5H10O2/c1-10(2)11(15-13(18)23-14(3,4)5)12(17)21-8-6-7-9-22-16(19)20;1-3-4-5(6)7-2/h10-11H,6-9H2,1-5H3,(H,15,18);3-4H2,1-2H3. The lowest BCUT2D eigenvalue weighted by atomic mass is 10.1. The molecule has 0 aliphatic rings. The molecule has 30 heavy (non-hydrogen) atoms. The maximum Gasteiger partial charge on any atom is 0.408 e. The van der Waals surface area contributed by atoms with E-state index in [9.17, 15) is 24.5 Å². The van der Waals surface area contributed by atoms with Crippen molar-refractivity contribution >= 4 is 18.0 Å². The molecule has 1 unspecified atom stereocenters. The van der Waals surface area contributed by atoms with Crippen molar-refractivity contribution in [2.24, 2.45) is 5.92 Å². The normalized spacial score (nSPS) is 11.5. The highest BCUT2D eigenvalue weighted by molar-refractivity contribution is 5.81. The number of rotatable bonds is 11. The molecule has 11 heteroatoms. The first kappa shape index (κ1) is 29.6. The van der Waals surface area contributed by atoms with Crippen LogP contribution in [0.4, 0.5) is 4.79 Å². The summed E-state index contributed by atoms with van der Waals surface area (Å²) in [4.78, 5) is 48.0. The van der Waals surface area contributed by atoms with E-state index in [1.165, 1.54) is 7.11 Å². The summed E-state index contributed by atoms with van der Waals surface area (Å²) in [6.07, 6.45) is 1.53. The third-order valence-corrected chi connectivity index (χ3v) is 3.25. The monoisotopic (exact) mass is 436 g/mol. The molecule has 0 heterocycles. The van der Waals surface area contributed by atoms with Gasteiger partial charge in [-0.1, -0.05) is 20.8 Å². The Morgan fingerprint density at radius 2 is 1.67 bits per heavy atom. The van der Waals surface area contributed by atoms with Gasteiger partial charge in [0.05, 0.1) is 20.3 Å². The Labute approximate surface area is 177 Å². The van der Waals surface area contributed by atoms with Gasteiger partial charge in [-0.2, -0.15) is 0 Å². The Bertz CT molecular complexity index is 531. The smallest absolute Gasteiger partial charge is 0.408 e. The number of hydrogen-bond acceptors (Lipinski definition) is 9. The van der Waals surface area contributed by atoms with Crippen molar-refractivity contribution in [3.8, 4) is 0 Å². The fraction of sp³-hybridized carbons (Fsp3) is 0.842. The predicted molar refractivity (Wildman–Crippen MR) is 108 cm³/mol. The molecular formula is C19H36N2O9. The van der Waals surface area contributed by atoms with E-state index in [0.717, 1.165) is 6.42 Å². The van der Waals surface area contributed by atoms with Gasteiger partial charge in [-0.15, -0.1) is 10.1 Å². The third kappa shape index (κ3) is 18.8. The second-order valence-electron chi connectivity index (χ2n) is 7.63. The zero-order valence-electron chi connectivity index (χ0n) is 19.0. The van der Waals surface area contributed by atoms with E-state index in [4.69, 9.17) is 9.47 Å². The van der Waals surface area contributed by atoms with Gasteiger partial charge in [0.25, 0.3) is 5.09 Å². The van der Waals surface area contributed by atoms with Gasteiger partial charge in [-0.05, 0) is 46.0 Å². The lowest BCUT2D eigenvalue weighted by Gasteiger charge is -2.24. The lowest BCUT2D eigenvalue weighted by Crippen LogP contribution is -2.47. The molecule has 0 saturated carbocycles. The summed E-state index contributed by atoms with van der Waals surface area (Å²) in [7, 11) is 1.40.